The first kappa shape index (κ1) is 16.0. The van der Waals surface area contributed by atoms with Gasteiger partial charge >= 0.3 is 0 Å². The lowest BCUT2D eigenvalue weighted by Gasteiger charge is -2.06. The molecule has 0 fully saturated rings. The number of ether oxygens (including phenoxy) is 1. The summed E-state index contributed by atoms with van der Waals surface area (Å²) in [4.78, 5) is 12.0. The largest absolute Gasteiger partial charge is 0.496 e. The van der Waals surface area contributed by atoms with Gasteiger partial charge in [0, 0.05) is 29.3 Å². The number of halogens is 1. The predicted molar refractivity (Wildman–Crippen MR) is 88.9 cm³/mol. The third-order valence-corrected chi connectivity index (χ3v) is 3.57. The van der Waals surface area contributed by atoms with Crippen LogP contribution in [0.2, 0.25) is 5.02 Å². The molecule has 0 saturated carbocycles. The van der Waals surface area contributed by atoms with Gasteiger partial charge in [0.15, 0.2) is 5.82 Å². The van der Waals surface area contributed by atoms with E-state index in [9.17, 15) is 4.79 Å². The van der Waals surface area contributed by atoms with E-state index in [4.69, 9.17) is 16.3 Å². The second-order valence-corrected chi connectivity index (χ2v) is 5.41. The molecule has 0 aliphatic rings. The Bertz CT molecular complexity index is 830. The summed E-state index contributed by atoms with van der Waals surface area (Å²) in [7, 11) is 1.58. The molecule has 124 valence electrons. The smallest absolute Gasteiger partial charge is 0.227 e. The highest BCUT2D eigenvalue weighted by molar-refractivity contribution is 6.31. The Morgan fingerprint density at radius 2 is 2.29 bits per heavy atom. The van der Waals surface area contributed by atoms with Crippen molar-refractivity contribution in [2.45, 2.75) is 13.0 Å². The number of carbonyl (C=O) groups excluding carboxylic acids is 1. The number of aromatic amines is 1. The van der Waals surface area contributed by atoms with E-state index in [0.29, 0.717) is 28.8 Å². The topological polar surface area (TPSA) is 97.7 Å². The fourth-order valence-corrected chi connectivity index (χ4v) is 2.36. The molecule has 2 heterocycles. The predicted octanol–water partition coefficient (Wildman–Crippen LogP) is 2.36. The number of hydrogen-bond acceptors (Lipinski definition) is 5. The van der Waals surface area contributed by atoms with E-state index in [0.717, 1.165) is 5.56 Å². The Morgan fingerprint density at radius 3 is 3.04 bits per heavy atom. The van der Waals surface area contributed by atoms with Crippen molar-refractivity contribution in [2.75, 3.05) is 12.4 Å². The third-order valence-electron chi connectivity index (χ3n) is 3.34. The zero-order chi connectivity index (χ0) is 16.9. The van der Waals surface area contributed by atoms with Gasteiger partial charge < -0.3 is 10.1 Å². The molecule has 9 heteroatoms. The summed E-state index contributed by atoms with van der Waals surface area (Å²) in [5, 5.41) is 17.8. The number of methoxy groups -OCH3 is 1. The van der Waals surface area contributed by atoms with Gasteiger partial charge in [-0.3, -0.25) is 14.6 Å². The minimum atomic E-state index is -0.165. The van der Waals surface area contributed by atoms with E-state index in [1.807, 2.05) is 0 Å². The number of hydrogen-bond donors (Lipinski definition) is 2. The molecule has 0 saturated heterocycles. The van der Waals surface area contributed by atoms with Crippen molar-refractivity contribution < 1.29 is 9.53 Å². The molecule has 0 unspecified atom stereocenters. The maximum Gasteiger partial charge on any atom is 0.227 e. The Hall–Kier alpha value is -2.87. The Morgan fingerprint density at radius 1 is 1.42 bits per heavy atom. The SMILES string of the molecule is COc1ccc(Cl)cc1-c1cc(NC(=O)CCn2ccnn2)n[nH]1. The summed E-state index contributed by atoms with van der Waals surface area (Å²) < 4.78 is 6.91. The number of nitrogens with zero attached hydrogens (tertiary/aromatic N) is 4. The minimum absolute atomic E-state index is 0.165. The van der Waals surface area contributed by atoms with E-state index in [1.54, 1.807) is 48.5 Å². The average molecular weight is 347 g/mol. The van der Waals surface area contributed by atoms with Crippen LogP contribution in [0.1, 0.15) is 6.42 Å². The van der Waals surface area contributed by atoms with E-state index in [1.165, 1.54) is 0 Å². The van der Waals surface area contributed by atoms with E-state index in [2.05, 4.69) is 25.8 Å². The maximum absolute atomic E-state index is 12.0. The number of aryl methyl sites for hydroxylation is 1. The van der Waals surface area contributed by atoms with Crippen LogP contribution in [-0.4, -0.2) is 38.2 Å². The van der Waals surface area contributed by atoms with Crippen molar-refractivity contribution in [1.29, 1.82) is 0 Å². The summed E-state index contributed by atoms with van der Waals surface area (Å²) >= 11 is 6.03. The summed E-state index contributed by atoms with van der Waals surface area (Å²) in [6, 6.07) is 7.01. The van der Waals surface area contributed by atoms with Gasteiger partial charge in [-0.1, -0.05) is 16.8 Å². The molecule has 0 bridgehead atoms. The molecule has 1 aromatic carbocycles. The molecule has 0 aliphatic heterocycles. The molecule has 0 radical (unpaired) electrons. The molecular formula is C15H15ClN6O2. The summed E-state index contributed by atoms with van der Waals surface area (Å²) in [6.45, 7) is 0.450. The van der Waals surface area contributed by atoms with Crippen molar-refractivity contribution in [3.8, 4) is 17.0 Å². The normalized spacial score (nSPS) is 10.6. The maximum atomic E-state index is 12.0. The van der Waals surface area contributed by atoms with Crippen LogP contribution in [0.5, 0.6) is 5.75 Å². The van der Waals surface area contributed by atoms with Gasteiger partial charge in [-0.15, -0.1) is 5.10 Å². The van der Waals surface area contributed by atoms with Gasteiger partial charge in [0.2, 0.25) is 5.91 Å². The molecule has 0 spiro atoms. The highest BCUT2D eigenvalue weighted by atomic mass is 35.5. The molecular weight excluding hydrogens is 332 g/mol. The Balaban J connectivity index is 1.67. The summed E-state index contributed by atoms with van der Waals surface area (Å²) in [6.07, 6.45) is 3.54. The van der Waals surface area contributed by atoms with Crippen LogP contribution in [0, 0.1) is 0 Å². The molecule has 0 aliphatic carbocycles. The molecule has 0 atom stereocenters. The van der Waals surface area contributed by atoms with Crippen molar-refractivity contribution in [2.24, 2.45) is 0 Å². The van der Waals surface area contributed by atoms with Gasteiger partial charge in [-0.05, 0) is 18.2 Å². The fourth-order valence-electron chi connectivity index (χ4n) is 2.19. The first-order valence-electron chi connectivity index (χ1n) is 7.19. The second-order valence-electron chi connectivity index (χ2n) is 4.98. The lowest BCUT2D eigenvalue weighted by molar-refractivity contribution is -0.116. The number of aromatic nitrogens is 5. The fraction of sp³-hybridized carbons (Fsp3) is 0.200. The second kappa shape index (κ2) is 7.14. The lowest BCUT2D eigenvalue weighted by Crippen LogP contribution is -2.15. The monoisotopic (exact) mass is 346 g/mol. The minimum Gasteiger partial charge on any atom is -0.496 e. The van der Waals surface area contributed by atoms with E-state index < -0.39 is 0 Å². The number of benzene rings is 1. The Labute approximate surface area is 142 Å². The van der Waals surface area contributed by atoms with Gasteiger partial charge in [0.25, 0.3) is 0 Å². The van der Waals surface area contributed by atoms with Crippen molar-refractivity contribution in [1.82, 2.24) is 25.2 Å². The van der Waals surface area contributed by atoms with Crippen molar-refractivity contribution in [3.05, 3.63) is 41.7 Å². The van der Waals surface area contributed by atoms with Crippen molar-refractivity contribution >= 4 is 23.3 Å². The van der Waals surface area contributed by atoms with E-state index >= 15 is 0 Å². The number of carbonyl (C=O) groups is 1. The van der Waals surface area contributed by atoms with Gasteiger partial charge in [0.1, 0.15) is 5.75 Å². The molecule has 1 amide bonds. The number of amides is 1. The van der Waals surface area contributed by atoms with Crippen molar-refractivity contribution in [3.63, 3.8) is 0 Å². The molecule has 8 nitrogen and oxygen atoms in total. The highest BCUT2D eigenvalue weighted by Crippen LogP contribution is 2.32. The van der Waals surface area contributed by atoms with Crippen LogP contribution in [0.4, 0.5) is 5.82 Å². The van der Waals surface area contributed by atoms with Gasteiger partial charge in [-0.25, -0.2) is 0 Å². The Kier molecular flexibility index (Phi) is 4.76. The molecule has 3 rings (SSSR count). The zero-order valence-electron chi connectivity index (χ0n) is 12.9. The summed E-state index contributed by atoms with van der Waals surface area (Å²) in [5.74, 6) is 0.921. The van der Waals surface area contributed by atoms with Crippen LogP contribution in [0.15, 0.2) is 36.7 Å². The first-order chi connectivity index (χ1) is 11.7. The zero-order valence-corrected chi connectivity index (χ0v) is 13.6. The van der Waals surface area contributed by atoms with E-state index in [-0.39, 0.29) is 12.3 Å². The van der Waals surface area contributed by atoms with Crippen LogP contribution in [0.3, 0.4) is 0 Å². The number of rotatable bonds is 6. The van der Waals surface area contributed by atoms with Crippen LogP contribution < -0.4 is 10.1 Å². The van der Waals surface area contributed by atoms with Gasteiger partial charge in [0.05, 0.1) is 25.5 Å². The number of anilines is 1. The van der Waals surface area contributed by atoms with Crippen LogP contribution in [0.25, 0.3) is 11.3 Å². The quantitative estimate of drug-likeness (QED) is 0.714. The number of H-pyrrole nitrogens is 1. The molecule has 2 aromatic heterocycles. The molecule has 2 N–H and O–H groups in total. The highest BCUT2D eigenvalue weighted by Gasteiger charge is 2.12. The standard InChI is InChI=1S/C15H15ClN6O2/c1-24-13-3-2-10(16)8-11(13)12-9-14(20-19-12)18-15(23)4-6-22-7-5-17-21-22/h2-3,5,7-9H,4,6H2,1H3,(H2,18,19,20,23). The van der Waals surface area contributed by atoms with Crippen LogP contribution >= 0.6 is 11.6 Å². The first-order valence-corrected chi connectivity index (χ1v) is 7.57. The molecule has 24 heavy (non-hydrogen) atoms. The average Bonchev–Trinajstić information content (AvgIpc) is 3.24. The summed E-state index contributed by atoms with van der Waals surface area (Å²) in [5.41, 5.74) is 1.46. The van der Waals surface area contributed by atoms with Crippen LogP contribution in [-0.2, 0) is 11.3 Å². The lowest BCUT2D eigenvalue weighted by atomic mass is 10.1. The number of nitrogens with one attached hydrogen (secondary N) is 2. The van der Waals surface area contributed by atoms with Gasteiger partial charge in [-0.2, -0.15) is 5.10 Å². The third kappa shape index (κ3) is 3.72. The molecule has 3 aromatic rings.